The summed E-state index contributed by atoms with van der Waals surface area (Å²) in [6.07, 6.45) is 3.72. The molecule has 7 nitrogen and oxygen atoms in total. The molecule has 0 unspecified atom stereocenters. The van der Waals surface area contributed by atoms with E-state index in [-0.39, 0.29) is 16.9 Å². The number of hydrogen-bond acceptors (Lipinski definition) is 4. The van der Waals surface area contributed by atoms with Gasteiger partial charge in [-0.05, 0) is 77.6 Å². The number of para-hydroxylation sites is 3. The second-order valence-corrected chi connectivity index (χ2v) is 10.7. The van der Waals surface area contributed by atoms with E-state index in [0.29, 0.717) is 16.7 Å². The number of benzene rings is 4. The number of aromatic nitrogens is 3. The summed E-state index contributed by atoms with van der Waals surface area (Å²) in [6, 6.07) is 30.2. The highest BCUT2D eigenvalue weighted by Crippen LogP contribution is 2.29. The first-order chi connectivity index (χ1) is 19.4. The lowest BCUT2D eigenvalue weighted by Crippen LogP contribution is -2.23. The van der Waals surface area contributed by atoms with Gasteiger partial charge in [-0.1, -0.05) is 60.7 Å². The fraction of sp³-hybridized carbons (Fsp3) is 0.0625. The standard InChI is InChI=1S/C32H23IN4O3/c1-21-24(25-11-5-6-12-28(25)35(21)20-22-9-3-2-4-10-22)16-18-31-34-27-17-15-23(33)19-26(27)32(38)36(31)29-13-7-8-14-30(29)37(39)40/h2-19H,20H2,1H3. The van der Waals surface area contributed by atoms with E-state index < -0.39 is 4.92 Å². The second kappa shape index (κ2) is 10.5. The molecule has 6 aromatic rings. The van der Waals surface area contributed by atoms with E-state index in [0.717, 1.165) is 32.3 Å². The number of nitrogens with zero attached hydrogens (tertiary/aromatic N) is 4. The van der Waals surface area contributed by atoms with Crippen LogP contribution in [0.5, 0.6) is 0 Å². The average Bonchev–Trinajstić information content (AvgIpc) is 3.23. The number of hydrogen-bond donors (Lipinski definition) is 0. The lowest BCUT2D eigenvalue weighted by molar-refractivity contribution is -0.384. The van der Waals surface area contributed by atoms with Crippen LogP contribution in [0.4, 0.5) is 5.69 Å². The van der Waals surface area contributed by atoms with Crippen molar-refractivity contribution in [1.29, 1.82) is 0 Å². The molecule has 0 saturated carbocycles. The zero-order valence-electron chi connectivity index (χ0n) is 21.5. The van der Waals surface area contributed by atoms with Gasteiger partial charge >= 0.3 is 0 Å². The summed E-state index contributed by atoms with van der Waals surface area (Å²) in [6.45, 7) is 2.79. The first-order valence-electron chi connectivity index (χ1n) is 12.7. The smallest absolute Gasteiger partial charge is 0.293 e. The number of halogens is 1. The zero-order chi connectivity index (χ0) is 27.8. The number of nitro groups is 1. The number of rotatable bonds is 6. The van der Waals surface area contributed by atoms with Crippen molar-refractivity contribution in [3.8, 4) is 5.69 Å². The van der Waals surface area contributed by atoms with Crippen molar-refractivity contribution in [2.45, 2.75) is 13.5 Å². The molecule has 0 aliphatic rings. The van der Waals surface area contributed by atoms with Crippen molar-refractivity contribution in [1.82, 2.24) is 14.1 Å². The Balaban J connectivity index is 1.57. The Bertz CT molecular complexity index is 2010. The van der Waals surface area contributed by atoms with Crippen LogP contribution >= 0.6 is 22.6 Å². The summed E-state index contributed by atoms with van der Waals surface area (Å²) >= 11 is 2.14. The first-order valence-corrected chi connectivity index (χ1v) is 13.8. The van der Waals surface area contributed by atoms with Gasteiger partial charge < -0.3 is 4.57 Å². The molecule has 0 bridgehead atoms. The van der Waals surface area contributed by atoms with E-state index in [1.54, 1.807) is 36.4 Å². The lowest BCUT2D eigenvalue weighted by Gasteiger charge is -2.12. The van der Waals surface area contributed by atoms with Gasteiger partial charge in [0.15, 0.2) is 0 Å². The SMILES string of the molecule is Cc1c(C=Cc2nc3ccc(I)cc3c(=O)n2-c2ccccc2[N+](=O)[O-])c2ccccc2n1Cc1ccccc1. The quantitative estimate of drug-likeness (QED) is 0.108. The Kier molecular flexibility index (Phi) is 6.77. The zero-order valence-corrected chi connectivity index (χ0v) is 23.6. The van der Waals surface area contributed by atoms with Crippen molar-refractivity contribution in [3.05, 3.63) is 144 Å². The molecule has 0 aliphatic heterocycles. The van der Waals surface area contributed by atoms with Gasteiger partial charge in [0, 0.05) is 38.3 Å². The average molecular weight is 638 g/mol. The molecular weight excluding hydrogens is 615 g/mol. The Morgan fingerprint density at radius 2 is 1.62 bits per heavy atom. The van der Waals surface area contributed by atoms with Crippen molar-refractivity contribution < 1.29 is 4.92 Å². The van der Waals surface area contributed by atoms with E-state index in [1.807, 2.05) is 42.5 Å². The van der Waals surface area contributed by atoms with Crippen LogP contribution in [0, 0.1) is 20.6 Å². The van der Waals surface area contributed by atoms with Crippen molar-refractivity contribution in [2.75, 3.05) is 0 Å². The molecule has 40 heavy (non-hydrogen) atoms. The topological polar surface area (TPSA) is 83.0 Å². The molecule has 0 aliphatic carbocycles. The van der Waals surface area contributed by atoms with Crippen molar-refractivity contribution in [3.63, 3.8) is 0 Å². The van der Waals surface area contributed by atoms with E-state index >= 15 is 0 Å². The maximum absolute atomic E-state index is 13.8. The van der Waals surface area contributed by atoms with Gasteiger partial charge in [0.2, 0.25) is 0 Å². The number of nitro benzene ring substituents is 1. The highest BCUT2D eigenvalue weighted by molar-refractivity contribution is 14.1. The van der Waals surface area contributed by atoms with Gasteiger partial charge in [-0.15, -0.1) is 0 Å². The van der Waals surface area contributed by atoms with E-state index in [4.69, 9.17) is 4.98 Å². The fourth-order valence-corrected chi connectivity index (χ4v) is 5.61. The predicted molar refractivity (Wildman–Crippen MR) is 168 cm³/mol. The Labute approximate surface area is 243 Å². The molecule has 0 radical (unpaired) electrons. The molecule has 0 atom stereocenters. The fourth-order valence-electron chi connectivity index (χ4n) is 5.12. The van der Waals surface area contributed by atoms with Crippen molar-refractivity contribution in [2.24, 2.45) is 0 Å². The van der Waals surface area contributed by atoms with Crippen LogP contribution in [-0.4, -0.2) is 19.0 Å². The summed E-state index contributed by atoms with van der Waals surface area (Å²) in [5, 5.41) is 13.4. The van der Waals surface area contributed by atoms with Crippen LogP contribution < -0.4 is 5.56 Å². The maximum atomic E-state index is 13.8. The lowest BCUT2D eigenvalue weighted by atomic mass is 10.1. The van der Waals surface area contributed by atoms with Crippen LogP contribution in [0.25, 0.3) is 39.6 Å². The molecule has 6 rings (SSSR count). The van der Waals surface area contributed by atoms with E-state index in [1.165, 1.54) is 16.2 Å². The van der Waals surface area contributed by atoms with Crippen LogP contribution in [-0.2, 0) is 6.54 Å². The highest BCUT2D eigenvalue weighted by atomic mass is 127. The van der Waals surface area contributed by atoms with E-state index in [9.17, 15) is 14.9 Å². The third kappa shape index (κ3) is 4.60. The minimum absolute atomic E-state index is 0.165. The van der Waals surface area contributed by atoms with Gasteiger partial charge in [0.25, 0.3) is 11.2 Å². The molecule has 8 heteroatoms. The molecule has 0 saturated heterocycles. The summed E-state index contributed by atoms with van der Waals surface area (Å²) in [7, 11) is 0. The molecule has 0 fully saturated rings. The number of fused-ring (bicyclic) bond motifs is 2. The Morgan fingerprint density at radius 3 is 2.42 bits per heavy atom. The minimum atomic E-state index is -0.477. The highest BCUT2D eigenvalue weighted by Gasteiger charge is 2.20. The first kappa shape index (κ1) is 25.7. The van der Waals surface area contributed by atoms with Crippen LogP contribution in [0.3, 0.4) is 0 Å². The maximum Gasteiger partial charge on any atom is 0.293 e. The molecule has 2 aromatic heterocycles. The molecular formula is C32H23IN4O3. The molecule has 0 amide bonds. The monoisotopic (exact) mass is 638 g/mol. The normalized spacial score (nSPS) is 11.6. The minimum Gasteiger partial charge on any atom is -0.340 e. The van der Waals surface area contributed by atoms with Crippen LogP contribution in [0.2, 0.25) is 0 Å². The summed E-state index contributed by atoms with van der Waals surface area (Å²) in [4.78, 5) is 30.1. The second-order valence-electron chi connectivity index (χ2n) is 9.44. The Hall–Kier alpha value is -4.57. The molecule has 2 heterocycles. The molecule has 196 valence electrons. The van der Waals surface area contributed by atoms with Crippen LogP contribution in [0.1, 0.15) is 22.6 Å². The van der Waals surface area contributed by atoms with Crippen molar-refractivity contribution >= 4 is 62.2 Å². The largest absolute Gasteiger partial charge is 0.340 e. The molecule has 4 aromatic carbocycles. The third-order valence-electron chi connectivity index (χ3n) is 7.04. The summed E-state index contributed by atoms with van der Waals surface area (Å²) < 4.78 is 4.49. The predicted octanol–water partition coefficient (Wildman–Crippen LogP) is 7.38. The Morgan fingerprint density at radius 1 is 0.900 bits per heavy atom. The van der Waals surface area contributed by atoms with Gasteiger partial charge in [0.05, 0.1) is 15.8 Å². The summed E-state index contributed by atoms with van der Waals surface area (Å²) in [5.74, 6) is 0.312. The van der Waals surface area contributed by atoms with Gasteiger partial charge in [0.1, 0.15) is 11.5 Å². The van der Waals surface area contributed by atoms with Gasteiger partial charge in [-0.25, -0.2) is 4.98 Å². The third-order valence-corrected chi connectivity index (χ3v) is 7.71. The molecule has 0 N–H and O–H groups in total. The van der Waals surface area contributed by atoms with E-state index in [2.05, 4.69) is 58.3 Å². The summed E-state index contributed by atoms with van der Waals surface area (Å²) in [5.41, 5.74) is 4.53. The van der Waals surface area contributed by atoms with Crippen LogP contribution in [0.15, 0.2) is 102 Å². The molecule has 0 spiro atoms. The van der Waals surface area contributed by atoms with Gasteiger partial charge in [-0.3, -0.25) is 19.5 Å². The van der Waals surface area contributed by atoms with Gasteiger partial charge in [-0.2, -0.15) is 0 Å².